The first-order chi connectivity index (χ1) is 10.1. The molecule has 5 heteroatoms. The molecule has 0 saturated heterocycles. The third-order valence-corrected chi connectivity index (χ3v) is 4.48. The monoisotopic (exact) mass is 292 g/mol. The van der Waals surface area contributed by atoms with Gasteiger partial charge in [0, 0.05) is 25.0 Å². The Hall–Kier alpha value is -1.75. The minimum absolute atomic E-state index is 0.217. The van der Waals surface area contributed by atoms with Crippen LogP contribution in [-0.4, -0.2) is 30.6 Å². The number of benzene rings is 1. The Morgan fingerprint density at radius 2 is 2.10 bits per heavy atom. The highest BCUT2D eigenvalue weighted by molar-refractivity contribution is 5.92. The van der Waals surface area contributed by atoms with Crippen LogP contribution in [0, 0.1) is 12.8 Å². The highest BCUT2D eigenvalue weighted by Crippen LogP contribution is 2.48. The SMILES string of the molecule is COC(=O)c1ccc2c(c1C)OC1(CCC(CO)CC1)O2. The van der Waals surface area contributed by atoms with Crippen molar-refractivity contribution in [1.29, 1.82) is 0 Å². The number of aliphatic hydroxyl groups excluding tert-OH is 1. The Morgan fingerprint density at radius 1 is 1.38 bits per heavy atom. The Morgan fingerprint density at radius 3 is 2.71 bits per heavy atom. The van der Waals surface area contributed by atoms with Gasteiger partial charge in [0.1, 0.15) is 0 Å². The second-order valence-electron chi connectivity index (χ2n) is 5.80. The van der Waals surface area contributed by atoms with E-state index >= 15 is 0 Å². The zero-order chi connectivity index (χ0) is 15.0. The van der Waals surface area contributed by atoms with Crippen molar-refractivity contribution in [2.24, 2.45) is 5.92 Å². The fourth-order valence-corrected chi connectivity index (χ4v) is 3.12. The van der Waals surface area contributed by atoms with Crippen molar-refractivity contribution in [3.63, 3.8) is 0 Å². The van der Waals surface area contributed by atoms with E-state index in [1.54, 1.807) is 12.1 Å². The number of aliphatic hydroxyl groups is 1. The summed E-state index contributed by atoms with van der Waals surface area (Å²) in [5.41, 5.74) is 1.25. The number of rotatable bonds is 2. The summed E-state index contributed by atoms with van der Waals surface area (Å²) in [6, 6.07) is 3.48. The first-order valence-corrected chi connectivity index (χ1v) is 7.29. The van der Waals surface area contributed by atoms with Crippen LogP contribution >= 0.6 is 0 Å². The van der Waals surface area contributed by atoms with E-state index in [0.717, 1.165) is 31.2 Å². The molecule has 1 aromatic rings. The lowest BCUT2D eigenvalue weighted by Gasteiger charge is -2.34. The van der Waals surface area contributed by atoms with Gasteiger partial charge in [-0.3, -0.25) is 0 Å². The maximum absolute atomic E-state index is 11.7. The summed E-state index contributed by atoms with van der Waals surface area (Å²) in [6.45, 7) is 2.06. The van der Waals surface area contributed by atoms with Gasteiger partial charge >= 0.3 is 5.97 Å². The van der Waals surface area contributed by atoms with Crippen molar-refractivity contribution >= 4 is 5.97 Å². The van der Waals surface area contributed by atoms with E-state index in [9.17, 15) is 9.90 Å². The Labute approximate surface area is 123 Å². The van der Waals surface area contributed by atoms with Gasteiger partial charge in [-0.05, 0) is 37.8 Å². The van der Waals surface area contributed by atoms with Gasteiger partial charge in [-0.15, -0.1) is 0 Å². The van der Waals surface area contributed by atoms with Crippen LogP contribution in [0.25, 0.3) is 0 Å². The van der Waals surface area contributed by atoms with E-state index in [4.69, 9.17) is 14.2 Å². The number of hydrogen-bond acceptors (Lipinski definition) is 5. The molecule has 21 heavy (non-hydrogen) atoms. The Balaban J connectivity index is 1.85. The van der Waals surface area contributed by atoms with Crippen LogP contribution in [0.4, 0.5) is 0 Å². The van der Waals surface area contributed by atoms with Crippen molar-refractivity contribution in [2.45, 2.75) is 38.4 Å². The maximum Gasteiger partial charge on any atom is 0.338 e. The van der Waals surface area contributed by atoms with Crippen LogP contribution < -0.4 is 9.47 Å². The number of esters is 1. The Bertz CT molecular complexity index is 558. The summed E-state index contributed by atoms with van der Waals surface area (Å²) in [6.07, 6.45) is 3.26. The minimum Gasteiger partial charge on any atom is -0.465 e. The molecule has 1 N–H and O–H groups in total. The highest BCUT2D eigenvalue weighted by atomic mass is 16.7. The molecule has 1 aliphatic heterocycles. The quantitative estimate of drug-likeness (QED) is 0.848. The molecule has 5 nitrogen and oxygen atoms in total. The Kier molecular flexibility index (Phi) is 3.53. The maximum atomic E-state index is 11.7. The van der Waals surface area contributed by atoms with Crippen molar-refractivity contribution in [3.05, 3.63) is 23.3 Å². The molecule has 1 aliphatic carbocycles. The molecule has 1 heterocycles. The van der Waals surface area contributed by atoms with Crippen LogP contribution in [0.5, 0.6) is 11.5 Å². The van der Waals surface area contributed by atoms with E-state index in [0.29, 0.717) is 23.0 Å². The molecular weight excluding hydrogens is 272 g/mol. The van der Waals surface area contributed by atoms with Gasteiger partial charge in [-0.2, -0.15) is 0 Å². The van der Waals surface area contributed by atoms with Gasteiger partial charge < -0.3 is 19.3 Å². The first kappa shape index (κ1) is 14.2. The van der Waals surface area contributed by atoms with Gasteiger partial charge in [-0.1, -0.05) is 0 Å². The number of carbonyl (C=O) groups is 1. The third kappa shape index (κ3) is 2.35. The summed E-state index contributed by atoms with van der Waals surface area (Å²) in [7, 11) is 1.37. The predicted octanol–water partition coefficient (Wildman–Crippen LogP) is 2.43. The summed E-state index contributed by atoms with van der Waals surface area (Å²) in [4.78, 5) is 11.7. The van der Waals surface area contributed by atoms with Crippen LogP contribution in [0.2, 0.25) is 0 Å². The van der Waals surface area contributed by atoms with Crippen LogP contribution in [-0.2, 0) is 4.74 Å². The number of methoxy groups -OCH3 is 1. The molecule has 0 unspecified atom stereocenters. The lowest BCUT2D eigenvalue weighted by Crippen LogP contribution is -2.42. The zero-order valence-corrected chi connectivity index (χ0v) is 12.3. The number of carbonyl (C=O) groups excluding carboxylic acids is 1. The number of hydrogen-bond donors (Lipinski definition) is 1. The van der Waals surface area contributed by atoms with Crippen molar-refractivity contribution < 1.29 is 24.1 Å². The fraction of sp³-hybridized carbons (Fsp3) is 0.562. The molecule has 0 radical (unpaired) electrons. The van der Waals surface area contributed by atoms with Gasteiger partial charge in [0.25, 0.3) is 5.79 Å². The largest absolute Gasteiger partial charge is 0.465 e. The minimum atomic E-state index is -0.631. The third-order valence-electron chi connectivity index (χ3n) is 4.48. The second kappa shape index (κ2) is 5.22. The highest BCUT2D eigenvalue weighted by Gasteiger charge is 2.45. The van der Waals surface area contributed by atoms with Crippen LogP contribution in [0.3, 0.4) is 0 Å². The second-order valence-corrected chi connectivity index (χ2v) is 5.80. The van der Waals surface area contributed by atoms with Crippen molar-refractivity contribution in [1.82, 2.24) is 0 Å². The molecule has 1 spiro atoms. The molecule has 0 atom stereocenters. The van der Waals surface area contributed by atoms with E-state index in [1.807, 2.05) is 6.92 Å². The van der Waals surface area contributed by atoms with Gasteiger partial charge in [-0.25, -0.2) is 4.79 Å². The average molecular weight is 292 g/mol. The fourth-order valence-electron chi connectivity index (χ4n) is 3.12. The molecule has 0 aromatic heterocycles. The van der Waals surface area contributed by atoms with Crippen LogP contribution in [0.15, 0.2) is 12.1 Å². The summed E-state index contributed by atoms with van der Waals surface area (Å²) in [5, 5.41) is 9.23. The average Bonchev–Trinajstić information content (AvgIpc) is 2.87. The molecule has 0 amide bonds. The molecule has 2 aliphatic rings. The molecule has 1 aromatic carbocycles. The van der Waals surface area contributed by atoms with E-state index < -0.39 is 5.79 Å². The topological polar surface area (TPSA) is 65.0 Å². The smallest absolute Gasteiger partial charge is 0.338 e. The van der Waals surface area contributed by atoms with E-state index in [1.165, 1.54) is 7.11 Å². The molecule has 1 saturated carbocycles. The lowest BCUT2D eigenvalue weighted by molar-refractivity contribution is -0.116. The number of fused-ring (bicyclic) bond motifs is 1. The zero-order valence-electron chi connectivity index (χ0n) is 12.3. The lowest BCUT2D eigenvalue weighted by atomic mass is 9.85. The standard InChI is InChI=1S/C16H20O5/c1-10-12(15(18)19-2)3-4-13-14(10)21-16(20-13)7-5-11(9-17)6-8-16/h3-4,11,17H,5-9H2,1-2H3. The van der Waals surface area contributed by atoms with Gasteiger partial charge in [0.2, 0.25) is 0 Å². The van der Waals surface area contributed by atoms with Gasteiger partial charge in [0.05, 0.1) is 12.7 Å². The summed E-state index contributed by atoms with van der Waals surface area (Å²) < 4.78 is 16.9. The van der Waals surface area contributed by atoms with Crippen molar-refractivity contribution in [3.8, 4) is 11.5 Å². The predicted molar refractivity (Wildman–Crippen MR) is 75.5 cm³/mol. The summed E-state index contributed by atoms with van der Waals surface area (Å²) >= 11 is 0. The van der Waals surface area contributed by atoms with Crippen LogP contribution in [0.1, 0.15) is 41.6 Å². The first-order valence-electron chi connectivity index (χ1n) is 7.29. The molecule has 3 rings (SSSR count). The van der Waals surface area contributed by atoms with E-state index in [2.05, 4.69) is 0 Å². The van der Waals surface area contributed by atoms with Crippen molar-refractivity contribution in [2.75, 3.05) is 13.7 Å². The normalized spacial score (nSPS) is 26.9. The van der Waals surface area contributed by atoms with Gasteiger partial charge in [0.15, 0.2) is 11.5 Å². The summed E-state index contributed by atoms with van der Waals surface area (Å²) in [5.74, 6) is 0.651. The molecule has 0 bridgehead atoms. The van der Waals surface area contributed by atoms with E-state index in [-0.39, 0.29) is 12.6 Å². The molecular formula is C16H20O5. The molecule has 1 fully saturated rings. The molecule has 114 valence electrons. The number of ether oxygens (including phenoxy) is 3.